The molecule has 1 aromatic carbocycles. The summed E-state index contributed by atoms with van der Waals surface area (Å²) in [7, 11) is 1.14. The van der Waals surface area contributed by atoms with E-state index >= 15 is 0 Å². The third-order valence-electron chi connectivity index (χ3n) is 2.42. The third kappa shape index (κ3) is 3.28. The highest BCUT2D eigenvalue weighted by Crippen LogP contribution is 2.42. The quantitative estimate of drug-likeness (QED) is 0.730. The molecule has 0 bridgehead atoms. The molecule has 90 valence electrons. The second kappa shape index (κ2) is 6.34. The van der Waals surface area contributed by atoms with E-state index in [0.717, 1.165) is 0 Å². The smallest absolute Gasteiger partial charge is 0.137 e. The molecule has 1 unspecified atom stereocenters. The van der Waals surface area contributed by atoms with E-state index in [4.69, 9.17) is 4.52 Å². The molecule has 0 aliphatic rings. The Hall–Kier alpha value is -0.430. The van der Waals surface area contributed by atoms with E-state index in [2.05, 4.69) is 56.6 Å². The molecule has 2 nitrogen and oxygen atoms in total. The van der Waals surface area contributed by atoms with E-state index < -0.39 is 8.30 Å². The summed E-state index contributed by atoms with van der Waals surface area (Å²) in [5.41, 5.74) is 0. The Morgan fingerprint density at radius 3 is 1.88 bits per heavy atom. The van der Waals surface area contributed by atoms with Crippen LogP contribution in [0.25, 0.3) is 0 Å². The van der Waals surface area contributed by atoms with Gasteiger partial charge in [0.2, 0.25) is 0 Å². The Kier molecular flexibility index (Phi) is 5.40. The standard InChI is InChI=1S/C13H22NOP/c1-11(2)14(12(3)4)16(15-5)13-9-7-6-8-10-13/h6-12H,1-5H3. The summed E-state index contributed by atoms with van der Waals surface area (Å²) < 4.78 is 8.15. The maximum absolute atomic E-state index is 5.71. The van der Waals surface area contributed by atoms with E-state index in [1.807, 2.05) is 6.07 Å². The molecule has 1 aromatic rings. The fourth-order valence-electron chi connectivity index (χ4n) is 1.90. The molecule has 0 aliphatic heterocycles. The van der Waals surface area contributed by atoms with Crippen molar-refractivity contribution in [3.63, 3.8) is 0 Å². The Morgan fingerprint density at radius 1 is 1.00 bits per heavy atom. The number of hydrogen-bond donors (Lipinski definition) is 0. The molecule has 1 rings (SSSR count). The highest BCUT2D eigenvalue weighted by Gasteiger charge is 2.25. The maximum Gasteiger partial charge on any atom is 0.137 e. The number of hydrogen-bond acceptors (Lipinski definition) is 2. The van der Waals surface area contributed by atoms with Crippen LogP contribution in [-0.4, -0.2) is 23.9 Å². The summed E-state index contributed by atoms with van der Waals surface area (Å²) in [6.07, 6.45) is 0. The number of rotatable bonds is 5. The zero-order valence-corrected chi connectivity index (χ0v) is 11.7. The average Bonchev–Trinajstić information content (AvgIpc) is 2.25. The molecule has 0 spiro atoms. The van der Waals surface area contributed by atoms with E-state index in [9.17, 15) is 0 Å². The Morgan fingerprint density at radius 2 is 1.50 bits per heavy atom. The third-order valence-corrected chi connectivity index (χ3v) is 4.85. The molecule has 0 heterocycles. The summed E-state index contributed by atoms with van der Waals surface area (Å²) in [6.45, 7) is 8.88. The largest absolute Gasteiger partial charge is 0.343 e. The monoisotopic (exact) mass is 239 g/mol. The van der Waals surface area contributed by atoms with Crippen molar-refractivity contribution in [2.75, 3.05) is 7.11 Å². The van der Waals surface area contributed by atoms with Crippen molar-refractivity contribution in [3.8, 4) is 0 Å². The molecule has 0 N–H and O–H groups in total. The van der Waals surface area contributed by atoms with Crippen LogP contribution in [0.15, 0.2) is 30.3 Å². The maximum atomic E-state index is 5.71. The Balaban J connectivity index is 2.96. The molecule has 0 aliphatic carbocycles. The van der Waals surface area contributed by atoms with Crippen molar-refractivity contribution in [2.24, 2.45) is 0 Å². The summed E-state index contributed by atoms with van der Waals surface area (Å²) >= 11 is 0. The first-order chi connectivity index (χ1) is 7.57. The molecule has 0 aromatic heterocycles. The molecular formula is C13H22NOP. The number of benzene rings is 1. The zero-order chi connectivity index (χ0) is 12.1. The van der Waals surface area contributed by atoms with Gasteiger partial charge in [-0.1, -0.05) is 30.3 Å². The van der Waals surface area contributed by atoms with Gasteiger partial charge in [0, 0.05) is 24.5 Å². The van der Waals surface area contributed by atoms with Crippen molar-refractivity contribution in [2.45, 2.75) is 39.8 Å². The van der Waals surface area contributed by atoms with Crippen molar-refractivity contribution in [1.29, 1.82) is 0 Å². The van der Waals surface area contributed by atoms with Crippen molar-refractivity contribution in [3.05, 3.63) is 30.3 Å². The lowest BCUT2D eigenvalue weighted by Gasteiger charge is -2.36. The van der Waals surface area contributed by atoms with Gasteiger partial charge in [-0.15, -0.1) is 0 Å². The van der Waals surface area contributed by atoms with Crippen molar-refractivity contribution in [1.82, 2.24) is 4.67 Å². The van der Waals surface area contributed by atoms with E-state index in [0.29, 0.717) is 12.1 Å². The first-order valence-electron chi connectivity index (χ1n) is 5.75. The zero-order valence-electron chi connectivity index (χ0n) is 10.8. The number of nitrogens with zero attached hydrogens (tertiary/aromatic N) is 1. The SMILES string of the molecule is COP(c1ccccc1)N(C(C)C)C(C)C. The van der Waals surface area contributed by atoms with Crippen molar-refractivity contribution >= 4 is 13.6 Å². The van der Waals surface area contributed by atoms with Crippen LogP contribution in [0.4, 0.5) is 0 Å². The van der Waals surface area contributed by atoms with Gasteiger partial charge in [-0.2, -0.15) is 0 Å². The minimum Gasteiger partial charge on any atom is -0.343 e. The van der Waals surface area contributed by atoms with Gasteiger partial charge in [-0.25, -0.2) is 0 Å². The highest BCUT2D eigenvalue weighted by atomic mass is 31.2. The van der Waals surface area contributed by atoms with Gasteiger partial charge < -0.3 is 4.52 Å². The molecule has 3 heteroatoms. The van der Waals surface area contributed by atoms with Gasteiger partial charge in [0.1, 0.15) is 8.30 Å². The normalized spacial score (nSPS) is 13.8. The van der Waals surface area contributed by atoms with Gasteiger partial charge in [0.05, 0.1) is 0 Å². The van der Waals surface area contributed by atoms with E-state index in [1.54, 1.807) is 7.11 Å². The Bertz CT molecular complexity index is 292. The fourth-order valence-corrected chi connectivity index (χ4v) is 3.84. The van der Waals surface area contributed by atoms with Gasteiger partial charge in [0.25, 0.3) is 0 Å². The summed E-state index contributed by atoms with van der Waals surface area (Å²) in [6, 6.07) is 11.5. The molecular weight excluding hydrogens is 217 g/mol. The van der Waals surface area contributed by atoms with E-state index in [-0.39, 0.29) is 0 Å². The van der Waals surface area contributed by atoms with Crippen LogP contribution in [0.3, 0.4) is 0 Å². The fraction of sp³-hybridized carbons (Fsp3) is 0.538. The molecule has 0 radical (unpaired) electrons. The molecule has 1 atom stereocenters. The minimum atomic E-state index is -0.663. The van der Waals surface area contributed by atoms with Gasteiger partial charge in [-0.3, -0.25) is 4.67 Å². The van der Waals surface area contributed by atoms with Crippen molar-refractivity contribution < 1.29 is 4.52 Å². The second-order valence-corrected chi connectivity index (χ2v) is 6.25. The predicted octanol–water partition coefficient (Wildman–Crippen LogP) is 3.39. The van der Waals surface area contributed by atoms with Crippen LogP contribution in [0.1, 0.15) is 27.7 Å². The predicted molar refractivity (Wildman–Crippen MR) is 72.1 cm³/mol. The van der Waals surface area contributed by atoms with Crippen LogP contribution in [0.2, 0.25) is 0 Å². The highest BCUT2D eigenvalue weighted by molar-refractivity contribution is 7.58. The first-order valence-corrected chi connectivity index (χ1v) is 6.96. The molecule has 0 saturated carbocycles. The Labute approximate surface area is 101 Å². The topological polar surface area (TPSA) is 12.5 Å². The van der Waals surface area contributed by atoms with Crippen LogP contribution >= 0.6 is 8.30 Å². The van der Waals surface area contributed by atoms with Crippen LogP contribution in [0.5, 0.6) is 0 Å². The lowest BCUT2D eigenvalue weighted by Crippen LogP contribution is -2.35. The van der Waals surface area contributed by atoms with Gasteiger partial charge >= 0.3 is 0 Å². The van der Waals surface area contributed by atoms with Crippen LogP contribution in [0, 0.1) is 0 Å². The molecule has 0 fully saturated rings. The average molecular weight is 239 g/mol. The van der Waals surface area contributed by atoms with Crippen LogP contribution < -0.4 is 5.30 Å². The lowest BCUT2D eigenvalue weighted by atomic mass is 10.3. The first kappa shape index (κ1) is 13.6. The van der Waals surface area contributed by atoms with E-state index in [1.165, 1.54) is 5.30 Å². The summed E-state index contributed by atoms with van der Waals surface area (Å²) in [4.78, 5) is 0. The lowest BCUT2D eigenvalue weighted by molar-refractivity contribution is 0.285. The van der Waals surface area contributed by atoms with Crippen LogP contribution in [-0.2, 0) is 4.52 Å². The summed E-state index contributed by atoms with van der Waals surface area (Å²) in [5.74, 6) is 0. The van der Waals surface area contributed by atoms with Gasteiger partial charge in [0.15, 0.2) is 0 Å². The molecule has 0 saturated heterocycles. The summed E-state index contributed by atoms with van der Waals surface area (Å²) in [5, 5.41) is 1.28. The molecule has 0 amide bonds. The van der Waals surface area contributed by atoms with Gasteiger partial charge in [-0.05, 0) is 27.7 Å². The second-order valence-electron chi connectivity index (χ2n) is 4.36. The molecule has 16 heavy (non-hydrogen) atoms. The minimum absolute atomic E-state index is 0.492.